The molecule has 8 nitrogen and oxygen atoms in total. The van der Waals surface area contributed by atoms with Gasteiger partial charge >= 0.3 is 0 Å². The molecular formula is C14H20N6O2. The lowest BCUT2D eigenvalue weighted by Gasteiger charge is -2.12. The second kappa shape index (κ2) is 6.52. The van der Waals surface area contributed by atoms with Crippen molar-refractivity contribution in [3.8, 4) is 0 Å². The summed E-state index contributed by atoms with van der Waals surface area (Å²) in [5.41, 5.74) is 8.62. The fourth-order valence-electron chi connectivity index (χ4n) is 2.32. The SMILES string of the molecule is Cc1cc(=O)[nH]c(CCNC(=O)[C@@H](N)c2c(C)n[nH]c2C)n1. The fourth-order valence-corrected chi connectivity index (χ4v) is 2.32. The molecule has 0 fully saturated rings. The first-order valence-electron chi connectivity index (χ1n) is 7.00. The van der Waals surface area contributed by atoms with Crippen LogP contribution in [-0.4, -0.2) is 32.6 Å². The van der Waals surface area contributed by atoms with Gasteiger partial charge in [0, 0.05) is 36.0 Å². The van der Waals surface area contributed by atoms with Crippen LogP contribution in [0.4, 0.5) is 0 Å². The molecule has 22 heavy (non-hydrogen) atoms. The number of aromatic amines is 2. The Hall–Kier alpha value is -2.48. The number of hydrogen-bond donors (Lipinski definition) is 4. The van der Waals surface area contributed by atoms with Gasteiger partial charge in [0.15, 0.2) is 0 Å². The average molecular weight is 304 g/mol. The van der Waals surface area contributed by atoms with Crippen LogP contribution in [0.5, 0.6) is 0 Å². The van der Waals surface area contributed by atoms with E-state index in [0.29, 0.717) is 35.7 Å². The molecule has 2 rings (SSSR count). The molecule has 0 saturated heterocycles. The quantitative estimate of drug-likeness (QED) is 0.606. The second-order valence-electron chi connectivity index (χ2n) is 5.20. The molecule has 1 atom stereocenters. The van der Waals surface area contributed by atoms with Crippen molar-refractivity contribution in [1.29, 1.82) is 0 Å². The van der Waals surface area contributed by atoms with E-state index < -0.39 is 6.04 Å². The van der Waals surface area contributed by atoms with E-state index in [1.54, 1.807) is 13.8 Å². The molecule has 1 amide bonds. The third kappa shape index (κ3) is 3.59. The van der Waals surface area contributed by atoms with Crippen molar-refractivity contribution in [1.82, 2.24) is 25.5 Å². The Labute approximate surface area is 127 Å². The zero-order valence-corrected chi connectivity index (χ0v) is 12.9. The van der Waals surface area contributed by atoms with Gasteiger partial charge in [-0.1, -0.05) is 0 Å². The number of carbonyl (C=O) groups excluding carboxylic acids is 1. The number of H-pyrrole nitrogens is 2. The van der Waals surface area contributed by atoms with E-state index in [1.807, 2.05) is 6.92 Å². The molecule has 0 aromatic carbocycles. The molecule has 0 bridgehead atoms. The zero-order chi connectivity index (χ0) is 16.3. The lowest BCUT2D eigenvalue weighted by atomic mass is 10.1. The molecule has 0 saturated carbocycles. The highest BCUT2D eigenvalue weighted by molar-refractivity contribution is 5.83. The molecule has 0 aliphatic rings. The molecular weight excluding hydrogens is 284 g/mol. The average Bonchev–Trinajstić information content (AvgIpc) is 2.76. The summed E-state index contributed by atoms with van der Waals surface area (Å²) in [6, 6.07) is 0.644. The molecule has 0 aliphatic heterocycles. The number of hydrogen-bond acceptors (Lipinski definition) is 5. The van der Waals surface area contributed by atoms with Gasteiger partial charge in [-0.15, -0.1) is 0 Å². The number of aryl methyl sites for hydroxylation is 3. The molecule has 2 aromatic rings. The van der Waals surface area contributed by atoms with E-state index in [-0.39, 0.29) is 11.5 Å². The summed E-state index contributed by atoms with van der Waals surface area (Å²) >= 11 is 0. The van der Waals surface area contributed by atoms with E-state index in [4.69, 9.17) is 5.73 Å². The van der Waals surface area contributed by atoms with E-state index in [9.17, 15) is 9.59 Å². The second-order valence-corrected chi connectivity index (χ2v) is 5.20. The van der Waals surface area contributed by atoms with Gasteiger partial charge in [-0.2, -0.15) is 5.10 Å². The Morgan fingerprint density at radius 2 is 2.14 bits per heavy atom. The first kappa shape index (κ1) is 15.9. The van der Waals surface area contributed by atoms with Crippen LogP contribution in [0.3, 0.4) is 0 Å². The van der Waals surface area contributed by atoms with Crippen molar-refractivity contribution in [3.05, 3.63) is 44.9 Å². The minimum Gasteiger partial charge on any atom is -0.354 e. The van der Waals surface area contributed by atoms with Crippen molar-refractivity contribution < 1.29 is 4.79 Å². The van der Waals surface area contributed by atoms with Gasteiger partial charge in [-0.05, 0) is 20.8 Å². The van der Waals surface area contributed by atoms with Crippen molar-refractivity contribution in [2.75, 3.05) is 6.54 Å². The summed E-state index contributed by atoms with van der Waals surface area (Å²) in [5.74, 6) is 0.247. The number of carbonyl (C=O) groups is 1. The Balaban J connectivity index is 1.94. The summed E-state index contributed by atoms with van der Waals surface area (Å²) in [6.07, 6.45) is 0.429. The van der Waals surface area contributed by atoms with Crippen LogP contribution in [0.2, 0.25) is 0 Å². The smallest absolute Gasteiger partial charge is 0.251 e. The zero-order valence-electron chi connectivity index (χ0n) is 12.9. The van der Waals surface area contributed by atoms with Crippen LogP contribution >= 0.6 is 0 Å². The summed E-state index contributed by atoms with van der Waals surface area (Å²) in [4.78, 5) is 30.3. The first-order valence-corrected chi connectivity index (χ1v) is 7.00. The monoisotopic (exact) mass is 304 g/mol. The van der Waals surface area contributed by atoms with Crippen molar-refractivity contribution in [3.63, 3.8) is 0 Å². The van der Waals surface area contributed by atoms with Crippen LogP contribution in [0.15, 0.2) is 10.9 Å². The van der Waals surface area contributed by atoms with E-state index in [0.717, 1.165) is 5.69 Å². The maximum absolute atomic E-state index is 12.1. The number of amides is 1. The van der Waals surface area contributed by atoms with Crippen LogP contribution in [0.1, 0.15) is 34.5 Å². The normalized spacial score (nSPS) is 12.2. The predicted molar refractivity (Wildman–Crippen MR) is 81.3 cm³/mol. The molecule has 5 N–H and O–H groups in total. The largest absolute Gasteiger partial charge is 0.354 e. The molecule has 0 aliphatic carbocycles. The summed E-state index contributed by atoms with van der Waals surface area (Å²) in [6.45, 7) is 5.71. The number of rotatable bonds is 5. The van der Waals surface area contributed by atoms with E-state index in [1.165, 1.54) is 6.07 Å². The van der Waals surface area contributed by atoms with Crippen molar-refractivity contribution in [2.24, 2.45) is 5.73 Å². The Kier molecular flexibility index (Phi) is 4.71. The maximum Gasteiger partial charge on any atom is 0.251 e. The van der Waals surface area contributed by atoms with Gasteiger partial charge in [0.25, 0.3) is 5.56 Å². The highest BCUT2D eigenvalue weighted by Gasteiger charge is 2.21. The predicted octanol–water partition coefficient (Wildman–Crippen LogP) is -0.223. The number of nitrogens with one attached hydrogen (secondary N) is 3. The van der Waals surface area contributed by atoms with Gasteiger partial charge in [0.05, 0.1) is 5.69 Å². The lowest BCUT2D eigenvalue weighted by molar-refractivity contribution is -0.122. The highest BCUT2D eigenvalue weighted by atomic mass is 16.2. The Morgan fingerprint density at radius 3 is 2.73 bits per heavy atom. The summed E-state index contributed by atoms with van der Waals surface area (Å²) in [5, 5.41) is 9.58. The van der Waals surface area contributed by atoms with Crippen molar-refractivity contribution in [2.45, 2.75) is 33.2 Å². The Morgan fingerprint density at radius 1 is 1.41 bits per heavy atom. The van der Waals surface area contributed by atoms with Gasteiger partial charge < -0.3 is 16.0 Å². The minimum atomic E-state index is -0.775. The molecule has 0 radical (unpaired) electrons. The van der Waals surface area contributed by atoms with E-state index >= 15 is 0 Å². The maximum atomic E-state index is 12.1. The standard InChI is InChI=1S/C14H20N6O2/c1-7-6-11(21)18-10(17-7)4-5-16-14(22)13(15)12-8(2)19-20-9(12)3/h6,13H,4-5,15H2,1-3H3,(H,16,22)(H,19,20)(H,17,18,21)/t13-/m0/s1. The topological polar surface area (TPSA) is 130 Å². The summed E-state index contributed by atoms with van der Waals surface area (Å²) in [7, 11) is 0. The van der Waals surface area contributed by atoms with E-state index in [2.05, 4.69) is 25.5 Å². The molecule has 8 heteroatoms. The first-order chi connectivity index (χ1) is 10.4. The van der Waals surface area contributed by atoms with Crippen molar-refractivity contribution >= 4 is 5.91 Å². The van der Waals surface area contributed by atoms with Crippen LogP contribution < -0.4 is 16.6 Å². The number of nitrogens with two attached hydrogens (primary N) is 1. The van der Waals surface area contributed by atoms with Crippen LogP contribution in [0, 0.1) is 20.8 Å². The van der Waals surface area contributed by atoms with Gasteiger partial charge in [0.1, 0.15) is 11.9 Å². The number of nitrogens with zero attached hydrogens (tertiary/aromatic N) is 2. The molecule has 0 unspecified atom stereocenters. The number of aromatic nitrogens is 4. The van der Waals surface area contributed by atoms with Crippen LogP contribution in [0.25, 0.3) is 0 Å². The summed E-state index contributed by atoms with van der Waals surface area (Å²) < 4.78 is 0. The minimum absolute atomic E-state index is 0.199. The Bertz CT molecular complexity index is 714. The van der Waals surface area contributed by atoms with Gasteiger partial charge in [-0.3, -0.25) is 14.7 Å². The van der Waals surface area contributed by atoms with Crippen LogP contribution in [-0.2, 0) is 11.2 Å². The lowest BCUT2D eigenvalue weighted by Crippen LogP contribution is -2.36. The highest BCUT2D eigenvalue weighted by Crippen LogP contribution is 2.17. The fraction of sp³-hybridized carbons (Fsp3) is 0.429. The third-order valence-electron chi connectivity index (χ3n) is 3.36. The third-order valence-corrected chi connectivity index (χ3v) is 3.36. The van der Waals surface area contributed by atoms with Gasteiger partial charge in [-0.25, -0.2) is 4.98 Å². The molecule has 2 heterocycles. The molecule has 2 aromatic heterocycles. The molecule has 118 valence electrons. The molecule has 0 spiro atoms. The van der Waals surface area contributed by atoms with Gasteiger partial charge in [0.2, 0.25) is 5.91 Å².